The van der Waals surface area contributed by atoms with E-state index in [-0.39, 0.29) is 5.97 Å². The fraction of sp³-hybridized carbons (Fsp3) is 0.938. The van der Waals surface area contributed by atoms with Gasteiger partial charge in [-0.2, -0.15) is 0 Å². The van der Waals surface area contributed by atoms with E-state index >= 15 is 0 Å². The van der Waals surface area contributed by atoms with E-state index in [0.717, 1.165) is 31.6 Å². The van der Waals surface area contributed by atoms with Crippen molar-refractivity contribution in [3.63, 3.8) is 0 Å². The van der Waals surface area contributed by atoms with Crippen LogP contribution in [0.1, 0.15) is 58.8 Å². The number of hydrogen-bond acceptors (Lipinski definition) is 4. The molecule has 0 spiro atoms. The van der Waals surface area contributed by atoms with Gasteiger partial charge in [0.25, 0.3) is 0 Å². The van der Waals surface area contributed by atoms with Crippen molar-refractivity contribution >= 4 is 5.97 Å². The topological polar surface area (TPSA) is 47.6 Å². The standard InChI is InChI=1S/C16H29NO3/c1-12-5-4-6-14(11-12)20-10-9-16(2,15(18)19-3)17-13-7-8-13/h12-14,17H,4-11H2,1-3H3. The zero-order valence-electron chi connectivity index (χ0n) is 13.1. The maximum atomic E-state index is 12.0. The van der Waals surface area contributed by atoms with Crippen molar-refractivity contribution in [1.82, 2.24) is 5.32 Å². The molecule has 4 nitrogen and oxygen atoms in total. The first-order chi connectivity index (χ1) is 9.53. The molecular weight excluding hydrogens is 254 g/mol. The molecule has 0 radical (unpaired) electrons. The summed E-state index contributed by atoms with van der Waals surface area (Å²) in [5.74, 6) is 0.593. The van der Waals surface area contributed by atoms with Crippen molar-refractivity contribution in [3.05, 3.63) is 0 Å². The molecule has 4 heteroatoms. The highest BCUT2D eigenvalue weighted by Crippen LogP contribution is 2.27. The molecule has 20 heavy (non-hydrogen) atoms. The van der Waals surface area contributed by atoms with Gasteiger partial charge >= 0.3 is 5.97 Å². The number of nitrogens with one attached hydrogen (secondary N) is 1. The average molecular weight is 283 g/mol. The van der Waals surface area contributed by atoms with Gasteiger partial charge in [0.1, 0.15) is 5.54 Å². The van der Waals surface area contributed by atoms with E-state index in [1.54, 1.807) is 0 Å². The minimum Gasteiger partial charge on any atom is -0.468 e. The molecule has 0 aromatic heterocycles. The minimum absolute atomic E-state index is 0.176. The average Bonchev–Trinajstić information content (AvgIpc) is 3.21. The molecule has 0 bridgehead atoms. The molecule has 0 amide bonds. The summed E-state index contributed by atoms with van der Waals surface area (Å²) < 4.78 is 10.9. The van der Waals surface area contributed by atoms with Gasteiger partial charge in [-0.25, -0.2) is 0 Å². The van der Waals surface area contributed by atoms with Crippen LogP contribution in [0.2, 0.25) is 0 Å². The number of methoxy groups -OCH3 is 1. The van der Waals surface area contributed by atoms with E-state index < -0.39 is 5.54 Å². The van der Waals surface area contributed by atoms with Crippen LogP contribution in [-0.2, 0) is 14.3 Å². The lowest BCUT2D eigenvalue weighted by Gasteiger charge is -2.31. The molecule has 0 aromatic rings. The Bertz CT molecular complexity index is 330. The fourth-order valence-corrected chi connectivity index (χ4v) is 3.10. The van der Waals surface area contributed by atoms with Gasteiger partial charge in [-0.15, -0.1) is 0 Å². The first kappa shape index (κ1) is 15.8. The Hall–Kier alpha value is -0.610. The van der Waals surface area contributed by atoms with Gasteiger partial charge in [-0.05, 0) is 44.9 Å². The third kappa shape index (κ3) is 4.45. The van der Waals surface area contributed by atoms with Crippen molar-refractivity contribution in [1.29, 1.82) is 0 Å². The number of carbonyl (C=O) groups is 1. The molecule has 2 aliphatic carbocycles. The lowest BCUT2D eigenvalue weighted by Crippen LogP contribution is -2.52. The van der Waals surface area contributed by atoms with Gasteiger partial charge in [0, 0.05) is 12.6 Å². The van der Waals surface area contributed by atoms with Crippen LogP contribution in [0.15, 0.2) is 0 Å². The Labute approximate surface area is 122 Å². The van der Waals surface area contributed by atoms with E-state index in [1.807, 2.05) is 6.92 Å². The Morgan fingerprint density at radius 1 is 1.30 bits per heavy atom. The van der Waals surface area contributed by atoms with Crippen LogP contribution < -0.4 is 5.32 Å². The van der Waals surface area contributed by atoms with Crippen molar-refractivity contribution in [3.8, 4) is 0 Å². The molecule has 2 aliphatic rings. The Balaban J connectivity index is 1.77. The van der Waals surface area contributed by atoms with Gasteiger partial charge in [-0.3, -0.25) is 10.1 Å². The first-order valence-electron chi connectivity index (χ1n) is 8.01. The summed E-state index contributed by atoms with van der Waals surface area (Å²) in [4.78, 5) is 12.0. The van der Waals surface area contributed by atoms with E-state index in [0.29, 0.717) is 25.2 Å². The second-order valence-corrected chi connectivity index (χ2v) is 6.76. The summed E-state index contributed by atoms with van der Waals surface area (Å²) >= 11 is 0. The van der Waals surface area contributed by atoms with Crippen LogP contribution in [0.5, 0.6) is 0 Å². The minimum atomic E-state index is -0.601. The molecule has 2 fully saturated rings. The van der Waals surface area contributed by atoms with Crippen LogP contribution in [0.3, 0.4) is 0 Å². The zero-order chi connectivity index (χ0) is 14.6. The molecule has 1 N–H and O–H groups in total. The number of carbonyl (C=O) groups excluding carboxylic acids is 1. The smallest absolute Gasteiger partial charge is 0.325 e. The van der Waals surface area contributed by atoms with Gasteiger partial charge < -0.3 is 9.47 Å². The fourth-order valence-electron chi connectivity index (χ4n) is 3.10. The lowest BCUT2D eigenvalue weighted by molar-refractivity contribution is -0.149. The molecule has 116 valence electrons. The highest BCUT2D eigenvalue weighted by atomic mass is 16.5. The molecular formula is C16H29NO3. The third-order valence-electron chi connectivity index (χ3n) is 4.58. The van der Waals surface area contributed by atoms with Gasteiger partial charge in [0.05, 0.1) is 13.2 Å². The maximum absolute atomic E-state index is 12.0. The summed E-state index contributed by atoms with van der Waals surface area (Å²) in [6.07, 6.45) is 8.29. The van der Waals surface area contributed by atoms with Crippen molar-refractivity contribution in [2.24, 2.45) is 5.92 Å². The summed E-state index contributed by atoms with van der Waals surface area (Å²) in [5, 5.41) is 3.41. The van der Waals surface area contributed by atoms with Gasteiger partial charge in [-0.1, -0.05) is 19.8 Å². The summed E-state index contributed by atoms with van der Waals surface area (Å²) in [7, 11) is 1.46. The quantitative estimate of drug-likeness (QED) is 0.730. The van der Waals surface area contributed by atoms with Crippen molar-refractivity contribution < 1.29 is 14.3 Å². The van der Waals surface area contributed by atoms with Crippen molar-refractivity contribution in [2.75, 3.05) is 13.7 Å². The highest BCUT2D eigenvalue weighted by molar-refractivity contribution is 5.80. The second kappa shape index (κ2) is 6.90. The molecule has 0 saturated heterocycles. The first-order valence-corrected chi connectivity index (χ1v) is 8.01. The highest BCUT2D eigenvalue weighted by Gasteiger charge is 2.39. The monoisotopic (exact) mass is 283 g/mol. The largest absolute Gasteiger partial charge is 0.468 e. The summed E-state index contributed by atoms with van der Waals surface area (Å²) in [6, 6.07) is 0.480. The molecule has 2 rings (SSSR count). The number of rotatable bonds is 7. The van der Waals surface area contributed by atoms with Crippen LogP contribution in [-0.4, -0.2) is 37.4 Å². The van der Waals surface area contributed by atoms with Gasteiger partial charge in [0.2, 0.25) is 0 Å². The Morgan fingerprint density at radius 2 is 2.05 bits per heavy atom. The number of esters is 1. The normalized spacial score (nSPS) is 29.8. The van der Waals surface area contributed by atoms with Crippen LogP contribution in [0, 0.1) is 5.92 Å². The molecule has 0 aliphatic heterocycles. The van der Waals surface area contributed by atoms with Crippen LogP contribution in [0.25, 0.3) is 0 Å². The molecule has 0 heterocycles. The van der Waals surface area contributed by atoms with E-state index in [1.165, 1.54) is 20.0 Å². The number of hydrogen-bond donors (Lipinski definition) is 1. The molecule has 3 unspecified atom stereocenters. The summed E-state index contributed by atoms with van der Waals surface area (Å²) in [5.41, 5.74) is -0.601. The Morgan fingerprint density at radius 3 is 2.65 bits per heavy atom. The predicted molar refractivity (Wildman–Crippen MR) is 78.6 cm³/mol. The number of ether oxygens (including phenoxy) is 2. The SMILES string of the molecule is COC(=O)C(C)(CCOC1CCCC(C)C1)NC1CC1. The lowest BCUT2D eigenvalue weighted by atomic mass is 9.88. The Kier molecular flexibility index (Phi) is 5.44. The van der Waals surface area contributed by atoms with Gasteiger partial charge in [0.15, 0.2) is 0 Å². The molecule has 3 atom stereocenters. The second-order valence-electron chi connectivity index (χ2n) is 6.76. The molecule has 2 saturated carbocycles. The van der Waals surface area contributed by atoms with Crippen molar-refractivity contribution in [2.45, 2.75) is 76.5 Å². The predicted octanol–water partition coefficient (Wildman–Crippen LogP) is 2.66. The summed E-state index contributed by atoms with van der Waals surface area (Å²) in [6.45, 7) is 4.86. The maximum Gasteiger partial charge on any atom is 0.325 e. The van der Waals surface area contributed by atoms with E-state index in [4.69, 9.17) is 9.47 Å². The van der Waals surface area contributed by atoms with E-state index in [9.17, 15) is 4.79 Å². The van der Waals surface area contributed by atoms with Crippen LogP contribution >= 0.6 is 0 Å². The van der Waals surface area contributed by atoms with Crippen LogP contribution in [0.4, 0.5) is 0 Å². The van der Waals surface area contributed by atoms with E-state index in [2.05, 4.69) is 12.2 Å². The third-order valence-corrected chi connectivity index (χ3v) is 4.58. The zero-order valence-corrected chi connectivity index (χ0v) is 13.1. The molecule has 0 aromatic carbocycles.